The van der Waals surface area contributed by atoms with Crippen molar-refractivity contribution in [1.82, 2.24) is 25.3 Å². The summed E-state index contributed by atoms with van der Waals surface area (Å²) in [6.07, 6.45) is 0.547. The molecule has 0 saturated carbocycles. The molecule has 0 aliphatic carbocycles. The van der Waals surface area contributed by atoms with E-state index >= 15 is 0 Å². The molecule has 2 rings (SSSR count). The van der Waals surface area contributed by atoms with Crippen molar-refractivity contribution in [1.29, 1.82) is 0 Å². The number of hydrogen-bond donors (Lipinski definition) is 2. The second kappa shape index (κ2) is 10.7. The molecule has 0 bridgehead atoms. The number of aliphatic imine (C=N–C) groups is 1. The Bertz CT molecular complexity index is 511. The summed E-state index contributed by atoms with van der Waals surface area (Å²) in [4.78, 5) is 23.3. The van der Waals surface area contributed by atoms with Gasteiger partial charge in [-0.2, -0.15) is 0 Å². The molecule has 27 heavy (non-hydrogen) atoms. The van der Waals surface area contributed by atoms with Crippen LogP contribution in [0.3, 0.4) is 0 Å². The molecule has 8 nitrogen and oxygen atoms in total. The normalized spacial score (nSPS) is 25.1. The van der Waals surface area contributed by atoms with Crippen molar-refractivity contribution in [2.75, 3.05) is 60.4 Å². The van der Waals surface area contributed by atoms with Crippen LogP contribution in [0, 0.1) is 0 Å². The number of carbonyl (C=O) groups excluding carboxylic acids is 1. The number of likely N-dealkylation sites (tertiary alicyclic amines) is 1. The van der Waals surface area contributed by atoms with Crippen LogP contribution in [0.25, 0.3) is 0 Å². The van der Waals surface area contributed by atoms with Gasteiger partial charge in [-0.25, -0.2) is 4.79 Å². The Morgan fingerprint density at radius 1 is 1.19 bits per heavy atom. The molecule has 2 N–H and O–H groups in total. The first kappa shape index (κ1) is 24.2. The number of halogens is 1. The second-order valence-corrected chi connectivity index (χ2v) is 8.40. The van der Waals surface area contributed by atoms with Crippen molar-refractivity contribution in [3.8, 4) is 0 Å². The molecule has 0 radical (unpaired) electrons. The molecule has 2 unspecified atom stereocenters. The highest BCUT2D eigenvalue weighted by Crippen LogP contribution is 2.12. The minimum Gasteiger partial charge on any atom is -0.444 e. The fourth-order valence-electron chi connectivity index (χ4n) is 3.41. The van der Waals surface area contributed by atoms with Crippen LogP contribution in [0.15, 0.2) is 4.99 Å². The number of rotatable bonds is 3. The van der Waals surface area contributed by atoms with E-state index in [-0.39, 0.29) is 36.1 Å². The van der Waals surface area contributed by atoms with Gasteiger partial charge in [-0.15, -0.1) is 24.0 Å². The van der Waals surface area contributed by atoms with E-state index in [4.69, 9.17) is 4.74 Å². The molecule has 2 aliphatic heterocycles. The van der Waals surface area contributed by atoms with E-state index in [1.165, 1.54) is 0 Å². The first-order valence-corrected chi connectivity index (χ1v) is 9.52. The quantitative estimate of drug-likeness (QED) is 0.346. The lowest BCUT2D eigenvalue weighted by Gasteiger charge is -2.38. The highest BCUT2D eigenvalue weighted by molar-refractivity contribution is 14.0. The third-order valence-corrected chi connectivity index (χ3v) is 4.90. The van der Waals surface area contributed by atoms with E-state index in [0.717, 1.165) is 51.6 Å². The van der Waals surface area contributed by atoms with Gasteiger partial charge in [-0.3, -0.25) is 9.89 Å². The zero-order valence-electron chi connectivity index (χ0n) is 17.6. The topological polar surface area (TPSA) is 72.4 Å². The Morgan fingerprint density at radius 3 is 2.52 bits per heavy atom. The smallest absolute Gasteiger partial charge is 0.407 e. The predicted molar refractivity (Wildman–Crippen MR) is 120 cm³/mol. The molecule has 0 aromatic rings. The average Bonchev–Trinajstić information content (AvgIpc) is 2.97. The number of carbonyl (C=O) groups is 1. The summed E-state index contributed by atoms with van der Waals surface area (Å²) in [5.41, 5.74) is -0.473. The maximum Gasteiger partial charge on any atom is 0.407 e. The van der Waals surface area contributed by atoms with E-state index in [2.05, 4.69) is 44.4 Å². The first-order chi connectivity index (χ1) is 12.2. The van der Waals surface area contributed by atoms with Crippen LogP contribution in [-0.4, -0.2) is 105 Å². The van der Waals surface area contributed by atoms with Crippen LogP contribution in [0.2, 0.25) is 0 Å². The lowest BCUT2D eigenvalue weighted by atomic mass is 10.2. The molecular formula is C18H37IN6O2. The largest absolute Gasteiger partial charge is 0.444 e. The number of likely N-dealkylation sites (N-methyl/N-ethyl adjacent to an activating group) is 2. The summed E-state index contributed by atoms with van der Waals surface area (Å²) in [7, 11) is 6.16. The number of amides is 1. The van der Waals surface area contributed by atoms with Crippen molar-refractivity contribution in [3.63, 3.8) is 0 Å². The molecule has 0 spiro atoms. The molecule has 2 fully saturated rings. The third-order valence-electron chi connectivity index (χ3n) is 4.90. The molecule has 0 aromatic carbocycles. The van der Waals surface area contributed by atoms with Gasteiger partial charge in [-0.1, -0.05) is 0 Å². The molecule has 2 aliphatic rings. The van der Waals surface area contributed by atoms with Crippen LogP contribution in [0.5, 0.6) is 0 Å². The molecule has 2 atom stereocenters. The minimum absolute atomic E-state index is 0. The fourth-order valence-corrected chi connectivity index (χ4v) is 3.41. The first-order valence-electron chi connectivity index (χ1n) is 9.52. The Hall–Kier alpha value is -0.810. The zero-order chi connectivity index (χ0) is 19.3. The standard InChI is InChI=1S/C18H36N6O2.HI/c1-18(2,3)26-17(25)21-14-7-8-24(12-14)16(19-4)20-11-15-13-22(5)9-10-23(15)6;/h14-15H,7-13H2,1-6H3,(H,19,20)(H,21,25);1H. The highest BCUT2D eigenvalue weighted by atomic mass is 127. The number of nitrogens with one attached hydrogen (secondary N) is 2. The minimum atomic E-state index is -0.473. The summed E-state index contributed by atoms with van der Waals surface area (Å²) >= 11 is 0. The van der Waals surface area contributed by atoms with Crippen LogP contribution in [0.1, 0.15) is 27.2 Å². The van der Waals surface area contributed by atoms with E-state index in [1.54, 1.807) is 0 Å². The van der Waals surface area contributed by atoms with Gasteiger partial charge in [0.25, 0.3) is 0 Å². The fraction of sp³-hybridized carbons (Fsp3) is 0.889. The molecule has 9 heteroatoms. The lowest BCUT2D eigenvalue weighted by molar-refractivity contribution is 0.0507. The molecule has 2 heterocycles. The van der Waals surface area contributed by atoms with Gasteiger partial charge in [-0.05, 0) is 41.3 Å². The SMILES string of the molecule is CN=C(NCC1CN(C)CCN1C)N1CCC(NC(=O)OC(C)(C)C)C1.I. The predicted octanol–water partition coefficient (Wildman–Crippen LogP) is 1.02. The maximum absolute atomic E-state index is 12.0. The van der Waals surface area contributed by atoms with Crippen LogP contribution >= 0.6 is 24.0 Å². The van der Waals surface area contributed by atoms with Crippen LogP contribution in [0.4, 0.5) is 4.79 Å². The average molecular weight is 496 g/mol. The number of nitrogens with zero attached hydrogens (tertiary/aromatic N) is 4. The van der Waals surface area contributed by atoms with Crippen molar-refractivity contribution in [2.24, 2.45) is 4.99 Å². The molecule has 1 amide bonds. The lowest BCUT2D eigenvalue weighted by Crippen LogP contribution is -2.55. The van der Waals surface area contributed by atoms with Gasteiger partial charge in [0.15, 0.2) is 5.96 Å². The Kier molecular flexibility index (Phi) is 9.56. The number of piperazine rings is 1. The van der Waals surface area contributed by atoms with E-state index in [9.17, 15) is 4.79 Å². The van der Waals surface area contributed by atoms with Gasteiger partial charge in [0.05, 0.1) is 6.04 Å². The Labute approximate surface area is 181 Å². The van der Waals surface area contributed by atoms with Gasteiger partial charge in [0, 0.05) is 52.4 Å². The van der Waals surface area contributed by atoms with Crippen molar-refractivity contribution in [2.45, 2.75) is 44.9 Å². The Balaban J connectivity index is 0.00000364. The van der Waals surface area contributed by atoms with Gasteiger partial charge >= 0.3 is 6.09 Å². The van der Waals surface area contributed by atoms with E-state index in [0.29, 0.717) is 6.04 Å². The molecular weight excluding hydrogens is 459 g/mol. The van der Waals surface area contributed by atoms with Crippen LogP contribution in [-0.2, 0) is 4.74 Å². The van der Waals surface area contributed by atoms with Gasteiger partial charge < -0.3 is 25.2 Å². The van der Waals surface area contributed by atoms with Crippen molar-refractivity contribution < 1.29 is 9.53 Å². The summed E-state index contributed by atoms with van der Waals surface area (Å²) in [5.74, 6) is 0.903. The van der Waals surface area contributed by atoms with Gasteiger partial charge in [0.2, 0.25) is 0 Å². The number of hydrogen-bond acceptors (Lipinski definition) is 5. The molecule has 2 saturated heterocycles. The van der Waals surface area contributed by atoms with Crippen LogP contribution < -0.4 is 10.6 Å². The monoisotopic (exact) mass is 496 g/mol. The summed E-state index contributed by atoms with van der Waals surface area (Å²) < 4.78 is 5.35. The van der Waals surface area contributed by atoms with Crippen molar-refractivity contribution >= 4 is 36.0 Å². The number of alkyl carbamates (subject to hydrolysis) is 1. The third kappa shape index (κ3) is 7.98. The summed E-state index contributed by atoms with van der Waals surface area (Å²) in [5, 5.41) is 6.47. The number of guanidine groups is 1. The molecule has 158 valence electrons. The summed E-state index contributed by atoms with van der Waals surface area (Å²) in [6, 6.07) is 0.565. The van der Waals surface area contributed by atoms with Crippen molar-refractivity contribution in [3.05, 3.63) is 0 Å². The molecule has 0 aromatic heterocycles. The van der Waals surface area contributed by atoms with E-state index < -0.39 is 5.60 Å². The maximum atomic E-state index is 12.0. The Morgan fingerprint density at radius 2 is 1.89 bits per heavy atom. The highest BCUT2D eigenvalue weighted by Gasteiger charge is 2.29. The summed E-state index contributed by atoms with van der Waals surface area (Å²) in [6.45, 7) is 11.4. The number of ether oxygens (including phenoxy) is 1. The van der Waals surface area contributed by atoms with E-state index in [1.807, 2.05) is 27.8 Å². The van der Waals surface area contributed by atoms with Gasteiger partial charge in [0.1, 0.15) is 5.60 Å². The zero-order valence-corrected chi connectivity index (χ0v) is 19.9. The second-order valence-electron chi connectivity index (χ2n) is 8.40.